The van der Waals surface area contributed by atoms with Crippen molar-refractivity contribution in [3.05, 3.63) is 0 Å². The van der Waals surface area contributed by atoms with Crippen LogP contribution in [-0.2, 0) is 28.7 Å². The van der Waals surface area contributed by atoms with Crippen molar-refractivity contribution >= 4 is 24.1 Å². The molecule has 0 rings (SSSR count). The second kappa shape index (κ2) is 13.1. The second-order valence-electron chi connectivity index (χ2n) is 3.63. The first kappa shape index (κ1) is 17.7. The molecule has 0 atom stereocenters. The standard InChI is InChI=1S/C12H16N2O6/c15-9-13-5-1-3-7-19-11(17)12(18)20-8-4-2-6-14-10-16/h1-8H2. The lowest BCUT2D eigenvalue weighted by Crippen LogP contribution is -2.21. The molecule has 20 heavy (non-hydrogen) atoms. The van der Waals surface area contributed by atoms with Crippen LogP contribution in [0.15, 0.2) is 9.98 Å². The van der Waals surface area contributed by atoms with E-state index in [0.29, 0.717) is 38.8 Å². The summed E-state index contributed by atoms with van der Waals surface area (Å²) in [7, 11) is 0. The number of carbonyl (C=O) groups excluding carboxylic acids is 4. The predicted molar refractivity (Wildman–Crippen MR) is 66.4 cm³/mol. The van der Waals surface area contributed by atoms with Crippen molar-refractivity contribution in [2.75, 3.05) is 26.3 Å². The first-order valence-electron chi connectivity index (χ1n) is 6.13. The van der Waals surface area contributed by atoms with E-state index in [9.17, 15) is 19.2 Å². The van der Waals surface area contributed by atoms with Gasteiger partial charge in [0.25, 0.3) is 0 Å². The predicted octanol–water partition coefficient (Wildman–Crippen LogP) is 0.305. The molecule has 0 saturated heterocycles. The van der Waals surface area contributed by atoms with Gasteiger partial charge < -0.3 is 9.47 Å². The maximum atomic E-state index is 11.1. The first-order chi connectivity index (χ1) is 9.72. The molecule has 0 spiro atoms. The summed E-state index contributed by atoms with van der Waals surface area (Å²) in [5, 5.41) is 0. The second-order valence-corrected chi connectivity index (χ2v) is 3.63. The number of aliphatic imine (C=N–C) groups is 2. The molecular formula is C12H16N2O6. The highest BCUT2D eigenvalue weighted by molar-refractivity contribution is 6.29. The van der Waals surface area contributed by atoms with Gasteiger partial charge in [0.2, 0.25) is 12.2 Å². The van der Waals surface area contributed by atoms with E-state index < -0.39 is 11.9 Å². The van der Waals surface area contributed by atoms with Crippen LogP contribution in [0.4, 0.5) is 0 Å². The molecule has 0 radical (unpaired) electrons. The Morgan fingerprint density at radius 3 is 1.50 bits per heavy atom. The molecule has 0 fully saturated rings. The van der Waals surface area contributed by atoms with Crippen molar-refractivity contribution < 1.29 is 28.7 Å². The van der Waals surface area contributed by atoms with Crippen LogP contribution >= 0.6 is 0 Å². The molecule has 110 valence electrons. The molecule has 0 aromatic carbocycles. The number of carbonyl (C=O) groups is 2. The van der Waals surface area contributed by atoms with Gasteiger partial charge in [0, 0.05) is 0 Å². The van der Waals surface area contributed by atoms with Crippen molar-refractivity contribution in [1.82, 2.24) is 0 Å². The Kier molecular flexibility index (Phi) is 11.6. The Hall–Kier alpha value is -2.30. The average Bonchev–Trinajstić information content (AvgIpc) is 2.45. The third kappa shape index (κ3) is 10.8. The zero-order valence-corrected chi connectivity index (χ0v) is 11.0. The van der Waals surface area contributed by atoms with Gasteiger partial charge in [-0.15, -0.1) is 0 Å². The molecule has 0 aliphatic carbocycles. The number of rotatable bonds is 10. The van der Waals surface area contributed by atoms with E-state index in [2.05, 4.69) is 19.5 Å². The van der Waals surface area contributed by atoms with Crippen molar-refractivity contribution in [1.29, 1.82) is 0 Å². The summed E-state index contributed by atoms with van der Waals surface area (Å²) < 4.78 is 9.31. The third-order valence-corrected chi connectivity index (χ3v) is 2.09. The molecule has 0 saturated carbocycles. The summed E-state index contributed by atoms with van der Waals surface area (Å²) in [5.41, 5.74) is 0. The molecule has 8 heteroatoms. The molecule has 0 heterocycles. The molecule has 0 N–H and O–H groups in total. The van der Waals surface area contributed by atoms with Gasteiger partial charge in [-0.1, -0.05) is 0 Å². The Labute approximate surface area is 115 Å². The number of isocyanates is 2. The van der Waals surface area contributed by atoms with Crippen molar-refractivity contribution in [3.63, 3.8) is 0 Å². The summed E-state index contributed by atoms with van der Waals surface area (Å²) in [6.45, 7) is 0.760. The Morgan fingerprint density at radius 1 is 0.750 bits per heavy atom. The van der Waals surface area contributed by atoms with Crippen molar-refractivity contribution in [3.8, 4) is 0 Å². The van der Waals surface area contributed by atoms with Crippen molar-refractivity contribution in [2.24, 2.45) is 9.98 Å². The molecule has 0 unspecified atom stereocenters. The van der Waals surface area contributed by atoms with Gasteiger partial charge in [0.1, 0.15) is 0 Å². The van der Waals surface area contributed by atoms with Gasteiger partial charge in [-0.2, -0.15) is 0 Å². The van der Waals surface area contributed by atoms with E-state index >= 15 is 0 Å². The van der Waals surface area contributed by atoms with Crippen LogP contribution in [0.5, 0.6) is 0 Å². The van der Waals surface area contributed by atoms with E-state index in [0.717, 1.165) is 0 Å². The van der Waals surface area contributed by atoms with E-state index in [1.807, 2.05) is 0 Å². The van der Waals surface area contributed by atoms with E-state index in [-0.39, 0.29) is 13.2 Å². The summed E-state index contributed by atoms with van der Waals surface area (Å²) in [6, 6.07) is 0. The van der Waals surface area contributed by atoms with Crippen molar-refractivity contribution in [2.45, 2.75) is 25.7 Å². The molecule has 8 nitrogen and oxygen atoms in total. The smallest absolute Gasteiger partial charge is 0.417 e. The van der Waals surface area contributed by atoms with E-state index in [4.69, 9.17) is 0 Å². The highest BCUT2D eigenvalue weighted by Gasteiger charge is 2.16. The topological polar surface area (TPSA) is 111 Å². The fourth-order valence-corrected chi connectivity index (χ4v) is 1.12. The lowest BCUT2D eigenvalue weighted by atomic mass is 10.3. The van der Waals surface area contributed by atoms with Gasteiger partial charge in [-0.05, 0) is 25.7 Å². The average molecular weight is 284 g/mol. The van der Waals surface area contributed by atoms with Crippen LogP contribution in [0.2, 0.25) is 0 Å². The van der Waals surface area contributed by atoms with E-state index in [1.165, 1.54) is 12.2 Å². The minimum atomic E-state index is -1.05. The monoisotopic (exact) mass is 284 g/mol. The molecular weight excluding hydrogens is 268 g/mol. The molecule has 0 aromatic rings. The Bertz CT molecular complexity index is 359. The van der Waals surface area contributed by atoms with Crippen LogP contribution in [0.1, 0.15) is 25.7 Å². The minimum absolute atomic E-state index is 0.0658. The minimum Gasteiger partial charge on any atom is -0.457 e. The van der Waals surface area contributed by atoms with Gasteiger partial charge in [0.05, 0.1) is 26.3 Å². The number of hydrogen-bond donors (Lipinski definition) is 0. The number of esters is 2. The number of nitrogens with zero attached hydrogens (tertiary/aromatic N) is 2. The number of unbranched alkanes of at least 4 members (excludes halogenated alkanes) is 2. The van der Waals surface area contributed by atoms with E-state index in [1.54, 1.807) is 0 Å². The van der Waals surface area contributed by atoms with Crippen LogP contribution in [0.25, 0.3) is 0 Å². The molecule has 0 amide bonds. The summed E-state index contributed by atoms with van der Waals surface area (Å²) in [6.07, 6.45) is 4.90. The molecule has 0 aliphatic heterocycles. The fraction of sp³-hybridized carbons (Fsp3) is 0.667. The molecule has 0 aliphatic rings. The Balaban J connectivity index is 3.53. The highest BCUT2D eigenvalue weighted by atomic mass is 16.6. The zero-order valence-electron chi connectivity index (χ0n) is 11.0. The third-order valence-electron chi connectivity index (χ3n) is 2.09. The first-order valence-corrected chi connectivity index (χ1v) is 6.13. The van der Waals surface area contributed by atoms with Gasteiger partial charge in [-0.25, -0.2) is 29.2 Å². The maximum absolute atomic E-state index is 11.1. The number of ether oxygens (including phenoxy) is 2. The lowest BCUT2D eigenvalue weighted by molar-refractivity contribution is -0.167. The van der Waals surface area contributed by atoms with Gasteiger partial charge in [-0.3, -0.25) is 0 Å². The zero-order chi connectivity index (χ0) is 15.1. The largest absolute Gasteiger partial charge is 0.457 e. The quantitative estimate of drug-likeness (QED) is 0.187. The van der Waals surface area contributed by atoms with Crippen LogP contribution in [0.3, 0.4) is 0 Å². The molecule has 0 bridgehead atoms. The summed E-state index contributed by atoms with van der Waals surface area (Å²) in [4.78, 5) is 48.5. The van der Waals surface area contributed by atoms with Crippen LogP contribution in [-0.4, -0.2) is 50.4 Å². The summed E-state index contributed by atoms with van der Waals surface area (Å²) in [5.74, 6) is -2.09. The van der Waals surface area contributed by atoms with Crippen LogP contribution in [0, 0.1) is 0 Å². The van der Waals surface area contributed by atoms with Gasteiger partial charge in [0.15, 0.2) is 0 Å². The van der Waals surface area contributed by atoms with Gasteiger partial charge >= 0.3 is 11.9 Å². The SMILES string of the molecule is O=C=NCCCCOC(=O)C(=O)OCCCCN=C=O. The number of hydrogen-bond acceptors (Lipinski definition) is 8. The van der Waals surface area contributed by atoms with Crippen LogP contribution < -0.4 is 0 Å². The lowest BCUT2D eigenvalue weighted by Gasteiger charge is -2.04. The highest BCUT2D eigenvalue weighted by Crippen LogP contribution is 1.95. The normalized spacial score (nSPS) is 9.00. The Morgan fingerprint density at radius 2 is 1.15 bits per heavy atom. The maximum Gasteiger partial charge on any atom is 0.417 e. The fourth-order valence-electron chi connectivity index (χ4n) is 1.12. The molecule has 0 aromatic heterocycles. The summed E-state index contributed by atoms with van der Waals surface area (Å²) >= 11 is 0.